The quantitative estimate of drug-likeness (QED) is 0.0324. The standard InChI is InChI=1S/C23H21N7O14S3/c1-9(20(32)33)24-21-26-22(28-23(34)27-21)25-14-8-12(47(39,40)41)5-10-6-16(45-44-43-35)18(19(31)17(10)14)30-29-13-7-11(46(36,37)38)3-4-15(13)42-2/h3-9,31,35H,1-2H3,(H,32,33)(H,36,37,38)(H,39,40,41)(H3,24,25,26,27,28,34). The molecule has 0 aliphatic carbocycles. The largest absolute Gasteiger partial charge is 0.505 e. The molecule has 0 aliphatic heterocycles. The van der Waals surface area contributed by atoms with Gasteiger partial charge in [-0.25, -0.2) is 10.1 Å². The predicted octanol–water partition coefficient (Wildman–Crippen LogP) is 3.00. The third kappa shape index (κ3) is 8.26. The van der Waals surface area contributed by atoms with E-state index in [1.165, 1.54) is 14.0 Å². The highest BCUT2D eigenvalue weighted by Gasteiger charge is 2.23. The van der Waals surface area contributed by atoms with Crippen LogP contribution in [0.1, 0.15) is 6.92 Å². The Kier molecular flexibility index (Phi) is 10.3. The van der Waals surface area contributed by atoms with E-state index in [-0.39, 0.29) is 44.8 Å². The van der Waals surface area contributed by atoms with Crippen LogP contribution >= 0.6 is 12.0 Å². The molecule has 0 bridgehead atoms. The van der Waals surface area contributed by atoms with Crippen molar-refractivity contribution in [3.63, 3.8) is 0 Å². The molecule has 3 aromatic carbocycles. The average Bonchev–Trinajstić information content (AvgIpc) is 2.97. The average molecular weight is 716 g/mol. The number of hydrogen-bond donors (Lipinski definition) is 8. The Morgan fingerprint density at radius 3 is 2.36 bits per heavy atom. The van der Waals surface area contributed by atoms with E-state index >= 15 is 0 Å². The number of rotatable bonds is 13. The summed E-state index contributed by atoms with van der Waals surface area (Å²) >= 11 is 0.254. The lowest BCUT2D eigenvalue weighted by atomic mass is 10.1. The van der Waals surface area contributed by atoms with Gasteiger partial charge in [0.05, 0.1) is 39.5 Å². The predicted molar refractivity (Wildman–Crippen MR) is 160 cm³/mol. The number of aromatic hydroxyl groups is 1. The molecule has 4 aromatic rings. The first-order valence-electron chi connectivity index (χ1n) is 12.3. The first kappa shape index (κ1) is 34.9. The number of carbonyl (C=O) groups is 1. The maximum absolute atomic E-state index is 12.2. The highest BCUT2D eigenvalue weighted by atomic mass is 32.2. The fraction of sp³-hybridized carbons (Fsp3) is 0.130. The zero-order valence-corrected chi connectivity index (χ0v) is 25.9. The molecule has 1 heterocycles. The minimum atomic E-state index is -4.91. The number of hydrogen-bond acceptors (Lipinski definition) is 18. The van der Waals surface area contributed by atoms with Crippen molar-refractivity contribution in [3.05, 3.63) is 46.9 Å². The highest BCUT2D eigenvalue weighted by Crippen LogP contribution is 2.47. The van der Waals surface area contributed by atoms with Gasteiger partial charge in [-0.05, 0) is 48.7 Å². The number of H-pyrrole nitrogens is 1. The normalized spacial score (nSPS) is 12.7. The third-order valence-electron chi connectivity index (χ3n) is 5.90. The molecule has 0 saturated carbocycles. The van der Waals surface area contributed by atoms with Crippen molar-refractivity contribution < 1.29 is 60.3 Å². The van der Waals surface area contributed by atoms with E-state index in [4.69, 9.17) is 15.1 Å². The maximum Gasteiger partial charge on any atom is 0.351 e. The highest BCUT2D eigenvalue weighted by molar-refractivity contribution is 7.94. The molecule has 1 unspecified atom stereocenters. The summed E-state index contributed by atoms with van der Waals surface area (Å²) < 4.78 is 76.4. The van der Waals surface area contributed by atoms with E-state index < -0.39 is 71.1 Å². The lowest BCUT2D eigenvalue weighted by Crippen LogP contribution is -2.28. The number of carboxylic acids is 1. The van der Waals surface area contributed by atoms with Gasteiger partial charge >= 0.3 is 11.7 Å². The second-order valence-electron chi connectivity index (χ2n) is 9.01. The second-order valence-corrected chi connectivity index (χ2v) is 12.6. The van der Waals surface area contributed by atoms with Gasteiger partial charge in [-0.2, -0.15) is 26.8 Å². The van der Waals surface area contributed by atoms with E-state index in [1.54, 1.807) is 0 Å². The summed E-state index contributed by atoms with van der Waals surface area (Å²) in [6.07, 6.45) is 0. The lowest BCUT2D eigenvalue weighted by molar-refractivity contribution is -0.432. The number of azo groups is 1. The van der Waals surface area contributed by atoms with Crippen molar-refractivity contribution in [3.8, 4) is 11.5 Å². The molecular formula is C23H21N7O14S3. The Labute approximate surface area is 266 Å². The Morgan fingerprint density at radius 2 is 1.74 bits per heavy atom. The summed E-state index contributed by atoms with van der Waals surface area (Å²) in [5.74, 6) is -2.95. The van der Waals surface area contributed by atoms with E-state index in [1.807, 2.05) is 0 Å². The van der Waals surface area contributed by atoms with Crippen molar-refractivity contribution in [1.29, 1.82) is 0 Å². The third-order valence-corrected chi connectivity index (χ3v) is 8.20. The minimum Gasteiger partial charge on any atom is -0.505 e. The first-order valence-corrected chi connectivity index (χ1v) is 15.9. The molecular weight excluding hydrogens is 694 g/mol. The first-order chi connectivity index (χ1) is 22.0. The van der Waals surface area contributed by atoms with Gasteiger partial charge in [-0.1, -0.05) is 5.04 Å². The number of carboxylic acid groups (broad SMARTS) is 1. The fourth-order valence-corrected chi connectivity index (χ4v) is 5.36. The zero-order valence-electron chi connectivity index (χ0n) is 23.5. The van der Waals surface area contributed by atoms with Crippen LogP contribution in [0.15, 0.2) is 66.1 Å². The van der Waals surface area contributed by atoms with Crippen LogP contribution in [0, 0.1) is 0 Å². The van der Waals surface area contributed by atoms with Gasteiger partial charge in [-0.3, -0.25) is 18.9 Å². The Hall–Kier alpha value is -4.95. The molecule has 0 amide bonds. The van der Waals surface area contributed by atoms with E-state index in [0.29, 0.717) is 0 Å². The van der Waals surface area contributed by atoms with Crippen LogP contribution in [0.4, 0.5) is 29.0 Å². The monoisotopic (exact) mass is 715 g/mol. The van der Waals surface area contributed by atoms with E-state index in [0.717, 1.165) is 36.4 Å². The minimum absolute atomic E-state index is 0.0138. The smallest absolute Gasteiger partial charge is 0.351 e. The number of ether oxygens (including phenoxy) is 1. The SMILES string of the molecule is COc1ccc(S(=O)(=O)O)cc1N=Nc1c(SOOO)cc2cc(S(=O)(=O)O)cc(Nc3nc(NC(C)C(=O)O)nc(=O)[nH]3)c2c1O. The van der Waals surface area contributed by atoms with Gasteiger partial charge < -0.3 is 25.6 Å². The van der Waals surface area contributed by atoms with Crippen LogP contribution in [-0.4, -0.2) is 75.5 Å². The summed E-state index contributed by atoms with van der Waals surface area (Å²) in [5.41, 5.74) is -2.03. The van der Waals surface area contributed by atoms with Crippen LogP contribution in [0.25, 0.3) is 10.8 Å². The maximum atomic E-state index is 12.2. The Bertz CT molecular complexity index is 2180. The molecule has 1 aromatic heterocycles. The topological polar surface area (TPSA) is 322 Å². The summed E-state index contributed by atoms with van der Waals surface area (Å²) in [6, 6.07) is 4.81. The summed E-state index contributed by atoms with van der Waals surface area (Å²) in [4.78, 5) is 31.6. The Morgan fingerprint density at radius 1 is 1.04 bits per heavy atom. The molecule has 0 spiro atoms. The number of anilines is 3. The van der Waals surface area contributed by atoms with Crippen LogP contribution < -0.4 is 21.1 Å². The summed E-state index contributed by atoms with van der Waals surface area (Å²) in [5, 5.41) is 45.3. The van der Waals surface area contributed by atoms with Gasteiger partial charge in [0.1, 0.15) is 23.2 Å². The number of phenolic OH excluding ortho intramolecular Hbond substituents is 1. The number of aromatic nitrogens is 3. The number of fused-ring (bicyclic) bond motifs is 1. The lowest BCUT2D eigenvalue weighted by Gasteiger charge is -2.15. The molecule has 0 aliphatic rings. The molecule has 4 rings (SSSR count). The van der Waals surface area contributed by atoms with Gasteiger partial charge in [0.25, 0.3) is 20.2 Å². The molecule has 1 atom stereocenters. The number of methoxy groups -OCH3 is 1. The molecule has 8 N–H and O–H groups in total. The zero-order chi connectivity index (χ0) is 34.7. The van der Waals surface area contributed by atoms with E-state index in [9.17, 15) is 40.6 Å². The van der Waals surface area contributed by atoms with Gasteiger partial charge in [-0.15, -0.1) is 14.6 Å². The molecule has 21 nitrogen and oxygen atoms in total. The van der Waals surface area contributed by atoms with Crippen molar-refractivity contribution in [1.82, 2.24) is 15.0 Å². The van der Waals surface area contributed by atoms with Crippen LogP contribution in [0.5, 0.6) is 11.5 Å². The Balaban J connectivity index is 1.96. The van der Waals surface area contributed by atoms with Crippen molar-refractivity contribution >= 4 is 78.0 Å². The van der Waals surface area contributed by atoms with Gasteiger partial charge in [0.15, 0.2) is 5.75 Å². The van der Waals surface area contributed by atoms with Crippen LogP contribution in [0.3, 0.4) is 0 Å². The van der Waals surface area contributed by atoms with Gasteiger partial charge in [0.2, 0.25) is 11.9 Å². The van der Waals surface area contributed by atoms with Crippen molar-refractivity contribution in [2.24, 2.45) is 10.2 Å². The second kappa shape index (κ2) is 13.8. The number of aromatic amines is 1. The molecule has 250 valence electrons. The number of nitrogens with zero attached hydrogens (tertiary/aromatic N) is 4. The van der Waals surface area contributed by atoms with Crippen molar-refractivity contribution in [2.45, 2.75) is 27.7 Å². The summed E-state index contributed by atoms with van der Waals surface area (Å²) in [7, 11) is -8.36. The molecule has 24 heteroatoms. The molecule has 0 radical (unpaired) electrons. The van der Waals surface area contributed by atoms with Crippen LogP contribution in [-0.2, 0) is 34.4 Å². The number of phenols is 1. The number of aliphatic carboxylic acids is 1. The van der Waals surface area contributed by atoms with E-state index in [2.05, 4.69) is 45.2 Å². The molecule has 0 fully saturated rings. The molecule has 0 saturated heterocycles. The molecule has 47 heavy (non-hydrogen) atoms. The van der Waals surface area contributed by atoms with Gasteiger partial charge in [0, 0.05) is 5.39 Å². The number of nitrogens with one attached hydrogen (secondary N) is 3. The summed E-state index contributed by atoms with van der Waals surface area (Å²) in [6.45, 7) is 1.24. The van der Waals surface area contributed by atoms with Crippen LogP contribution in [0.2, 0.25) is 0 Å². The van der Waals surface area contributed by atoms with Crippen molar-refractivity contribution in [2.75, 3.05) is 17.7 Å². The number of benzene rings is 3. The fourth-order valence-electron chi connectivity index (χ4n) is 3.82.